The molecule has 6 heteroatoms. The molecular weight excluding hydrogens is 973 g/mol. The van der Waals surface area contributed by atoms with Gasteiger partial charge in [-0.25, -0.2) is 0 Å². The molecular formula is C73H126O6. The zero-order chi connectivity index (χ0) is 57.1. The standard InChI is InChI=1S/C73H126O6/c1-4-7-10-13-16-19-22-25-28-31-32-33-34-35-36-37-38-39-40-41-42-43-46-48-51-54-57-60-63-66-72(75)78-69-70(79-73(76)67-64-61-58-55-52-49-45-30-27-24-21-18-15-12-9-6-3)68-77-71(74)65-62-59-56-53-50-47-44-29-26-23-20-17-14-11-8-5-2/h7,10,16,19,25,28-30,32-33,35-36,38-39,44-45,70H,4-6,8-9,11-15,17-18,20-24,26-27,31,34,37,40-43,46-69H2,1-3H3/b10-7-,19-16-,28-25-,33-32-,36-35-,39-38-,44-29-,45-30-. The molecule has 6 nitrogen and oxygen atoms in total. The predicted molar refractivity (Wildman–Crippen MR) is 344 cm³/mol. The maximum Gasteiger partial charge on any atom is 0.306 e. The van der Waals surface area contributed by atoms with Crippen LogP contribution >= 0.6 is 0 Å². The van der Waals surface area contributed by atoms with Gasteiger partial charge in [-0.3, -0.25) is 14.4 Å². The van der Waals surface area contributed by atoms with Crippen molar-refractivity contribution in [2.75, 3.05) is 13.2 Å². The first-order valence-corrected chi connectivity index (χ1v) is 33.7. The molecule has 0 bridgehead atoms. The Balaban J connectivity index is 4.32. The van der Waals surface area contributed by atoms with E-state index >= 15 is 0 Å². The van der Waals surface area contributed by atoms with Crippen LogP contribution in [-0.2, 0) is 28.6 Å². The van der Waals surface area contributed by atoms with Crippen molar-refractivity contribution in [3.05, 3.63) is 97.2 Å². The first-order chi connectivity index (χ1) is 39.0. The predicted octanol–water partition coefficient (Wildman–Crippen LogP) is 23.2. The average molecular weight is 1100 g/mol. The minimum Gasteiger partial charge on any atom is -0.462 e. The second kappa shape index (κ2) is 66.8. The summed E-state index contributed by atoms with van der Waals surface area (Å²) in [4.78, 5) is 38.4. The van der Waals surface area contributed by atoms with Crippen LogP contribution in [0.15, 0.2) is 97.2 Å². The first-order valence-electron chi connectivity index (χ1n) is 33.7. The lowest BCUT2D eigenvalue weighted by atomic mass is 10.1. The van der Waals surface area contributed by atoms with Gasteiger partial charge in [0.2, 0.25) is 0 Å². The molecule has 0 aliphatic heterocycles. The van der Waals surface area contributed by atoms with Gasteiger partial charge >= 0.3 is 17.9 Å². The molecule has 0 heterocycles. The molecule has 1 atom stereocenters. The fraction of sp³-hybridized carbons (Fsp3) is 0.740. The summed E-state index contributed by atoms with van der Waals surface area (Å²) in [5.74, 6) is -0.892. The van der Waals surface area contributed by atoms with E-state index < -0.39 is 6.10 Å². The third-order valence-electron chi connectivity index (χ3n) is 14.5. The lowest BCUT2D eigenvalue weighted by Crippen LogP contribution is -2.30. The molecule has 0 aliphatic carbocycles. The number of allylic oxidation sites excluding steroid dienone is 16. The Morgan fingerprint density at radius 3 is 0.785 bits per heavy atom. The van der Waals surface area contributed by atoms with E-state index in [4.69, 9.17) is 14.2 Å². The fourth-order valence-electron chi connectivity index (χ4n) is 9.50. The third kappa shape index (κ3) is 65.0. The molecule has 0 aromatic rings. The molecule has 0 saturated heterocycles. The highest BCUT2D eigenvalue weighted by Gasteiger charge is 2.19. The van der Waals surface area contributed by atoms with E-state index in [9.17, 15) is 14.4 Å². The highest BCUT2D eigenvalue weighted by atomic mass is 16.6. The zero-order valence-electron chi connectivity index (χ0n) is 52.1. The topological polar surface area (TPSA) is 78.9 Å². The molecule has 0 spiro atoms. The maximum atomic E-state index is 12.9. The van der Waals surface area contributed by atoms with Gasteiger partial charge < -0.3 is 14.2 Å². The number of hydrogen-bond donors (Lipinski definition) is 0. The van der Waals surface area contributed by atoms with Gasteiger partial charge in [0.15, 0.2) is 6.10 Å². The number of esters is 3. The minimum absolute atomic E-state index is 0.0841. The van der Waals surface area contributed by atoms with Crippen molar-refractivity contribution < 1.29 is 28.6 Å². The average Bonchev–Trinajstić information content (AvgIpc) is 3.45. The van der Waals surface area contributed by atoms with Crippen LogP contribution in [0.1, 0.15) is 329 Å². The molecule has 79 heavy (non-hydrogen) atoms. The monoisotopic (exact) mass is 1100 g/mol. The molecule has 0 rings (SSSR count). The highest BCUT2D eigenvalue weighted by Crippen LogP contribution is 2.16. The zero-order valence-corrected chi connectivity index (χ0v) is 52.1. The summed E-state index contributed by atoms with van der Waals surface area (Å²) in [6.45, 7) is 6.54. The largest absolute Gasteiger partial charge is 0.462 e. The molecule has 1 unspecified atom stereocenters. The number of unbranched alkanes of at least 4 members (excludes halogenated alkanes) is 34. The van der Waals surface area contributed by atoms with Crippen LogP contribution < -0.4 is 0 Å². The molecule has 0 aromatic carbocycles. The van der Waals surface area contributed by atoms with Crippen LogP contribution in [0.25, 0.3) is 0 Å². The molecule has 0 aliphatic rings. The first kappa shape index (κ1) is 75.3. The summed E-state index contributed by atoms with van der Waals surface area (Å²) < 4.78 is 16.9. The van der Waals surface area contributed by atoms with Crippen molar-refractivity contribution in [3.63, 3.8) is 0 Å². The maximum absolute atomic E-state index is 12.9. The van der Waals surface area contributed by atoms with Crippen molar-refractivity contribution in [3.8, 4) is 0 Å². The van der Waals surface area contributed by atoms with E-state index in [0.29, 0.717) is 19.3 Å². The van der Waals surface area contributed by atoms with Crippen molar-refractivity contribution in [1.29, 1.82) is 0 Å². The molecule has 0 amide bonds. The Morgan fingerprint density at radius 2 is 0.494 bits per heavy atom. The van der Waals surface area contributed by atoms with Gasteiger partial charge in [-0.15, -0.1) is 0 Å². The van der Waals surface area contributed by atoms with Crippen LogP contribution in [0.4, 0.5) is 0 Å². The number of rotatable bonds is 61. The van der Waals surface area contributed by atoms with Crippen LogP contribution in [0.3, 0.4) is 0 Å². The summed E-state index contributed by atoms with van der Waals surface area (Å²) in [6.07, 6.45) is 89.9. The Morgan fingerprint density at radius 1 is 0.266 bits per heavy atom. The Bertz CT molecular complexity index is 1540. The van der Waals surface area contributed by atoms with Crippen molar-refractivity contribution in [1.82, 2.24) is 0 Å². The van der Waals surface area contributed by atoms with Crippen molar-refractivity contribution in [2.45, 2.75) is 335 Å². The Hall–Kier alpha value is -3.67. The van der Waals surface area contributed by atoms with Crippen LogP contribution in [0.5, 0.6) is 0 Å². The van der Waals surface area contributed by atoms with Crippen LogP contribution in [0, 0.1) is 0 Å². The van der Waals surface area contributed by atoms with Gasteiger partial charge in [0.25, 0.3) is 0 Å². The lowest BCUT2D eigenvalue weighted by Gasteiger charge is -2.18. The van der Waals surface area contributed by atoms with E-state index in [2.05, 4.69) is 118 Å². The lowest BCUT2D eigenvalue weighted by molar-refractivity contribution is -0.167. The fourth-order valence-corrected chi connectivity index (χ4v) is 9.50. The summed E-state index contributed by atoms with van der Waals surface area (Å²) in [5, 5.41) is 0. The second-order valence-corrected chi connectivity index (χ2v) is 22.3. The highest BCUT2D eigenvalue weighted by molar-refractivity contribution is 5.71. The Labute approximate surface area is 489 Å². The molecule has 454 valence electrons. The number of carbonyl (C=O) groups excluding carboxylic acids is 3. The normalized spacial score (nSPS) is 12.7. The number of carbonyl (C=O) groups is 3. The van der Waals surface area contributed by atoms with Gasteiger partial charge in [0.1, 0.15) is 13.2 Å². The van der Waals surface area contributed by atoms with Crippen molar-refractivity contribution >= 4 is 17.9 Å². The van der Waals surface area contributed by atoms with Gasteiger partial charge in [0, 0.05) is 19.3 Å². The SMILES string of the molecule is CC/C=C\C/C=C\C/C=C\C/C=C\C/C=C\C/C=C\CCCCCCCCCCCCC(=O)OCC(COC(=O)CCCCCCC/C=C\CCCCCCCCC)OC(=O)CCCCCCC/C=C\CCCCCCCCC. The summed E-state index contributed by atoms with van der Waals surface area (Å²) >= 11 is 0. The second-order valence-electron chi connectivity index (χ2n) is 22.3. The number of hydrogen-bond acceptors (Lipinski definition) is 6. The molecule has 0 N–H and O–H groups in total. The van der Waals surface area contributed by atoms with E-state index in [-0.39, 0.29) is 31.1 Å². The van der Waals surface area contributed by atoms with Crippen LogP contribution in [0.2, 0.25) is 0 Å². The molecule has 0 saturated carbocycles. The quantitative estimate of drug-likeness (QED) is 0.0261. The van der Waals surface area contributed by atoms with Gasteiger partial charge in [-0.05, 0) is 122 Å². The van der Waals surface area contributed by atoms with Gasteiger partial charge in [-0.1, -0.05) is 285 Å². The Kier molecular flexibility index (Phi) is 63.7. The minimum atomic E-state index is -0.788. The van der Waals surface area contributed by atoms with Gasteiger partial charge in [-0.2, -0.15) is 0 Å². The smallest absolute Gasteiger partial charge is 0.306 e. The van der Waals surface area contributed by atoms with Crippen molar-refractivity contribution in [2.24, 2.45) is 0 Å². The van der Waals surface area contributed by atoms with E-state index in [0.717, 1.165) is 116 Å². The number of ether oxygens (including phenoxy) is 3. The van der Waals surface area contributed by atoms with Crippen LogP contribution in [-0.4, -0.2) is 37.2 Å². The summed E-state index contributed by atoms with van der Waals surface area (Å²) in [7, 11) is 0. The molecule has 0 radical (unpaired) electrons. The van der Waals surface area contributed by atoms with E-state index in [1.54, 1.807) is 0 Å². The van der Waals surface area contributed by atoms with E-state index in [1.807, 2.05) is 0 Å². The van der Waals surface area contributed by atoms with E-state index in [1.165, 1.54) is 173 Å². The summed E-state index contributed by atoms with van der Waals surface area (Å²) in [6, 6.07) is 0. The van der Waals surface area contributed by atoms with Gasteiger partial charge in [0.05, 0.1) is 0 Å². The molecule has 0 fully saturated rings. The third-order valence-corrected chi connectivity index (χ3v) is 14.5. The molecule has 0 aromatic heterocycles. The summed E-state index contributed by atoms with van der Waals surface area (Å²) in [5.41, 5.74) is 0.